The molecule has 2 N–H and O–H groups in total. The summed E-state index contributed by atoms with van der Waals surface area (Å²) in [6.45, 7) is 2.84. The highest BCUT2D eigenvalue weighted by Gasteiger charge is 2.12. The van der Waals surface area contributed by atoms with Crippen LogP contribution in [0.1, 0.15) is 24.6 Å². The van der Waals surface area contributed by atoms with Gasteiger partial charge in [-0.3, -0.25) is 4.79 Å². The number of aromatic nitrogens is 2. The molecule has 2 aromatic rings. The van der Waals surface area contributed by atoms with Gasteiger partial charge in [-0.1, -0.05) is 12.2 Å². The number of nitrogens with zero attached hydrogens (tertiary/aromatic N) is 1. The van der Waals surface area contributed by atoms with Crippen LogP contribution in [0.4, 0.5) is 5.13 Å². The number of aromatic amines is 1. The van der Waals surface area contributed by atoms with Gasteiger partial charge >= 0.3 is 0 Å². The van der Waals surface area contributed by atoms with E-state index >= 15 is 0 Å². The van der Waals surface area contributed by atoms with Gasteiger partial charge in [0, 0.05) is 36.1 Å². The van der Waals surface area contributed by atoms with Crippen LogP contribution in [0.3, 0.4) is 0 Å². The smallest absolute Gasteiger partial charge is 0.190 e. The molecular weight excluding hydrogens is 298 g/mol. The van der Waals surface area contributed by atoms with Crippen molar-refractivity contribution in [3.05, 3.63) is 44.8 Å². The largest absolute Gasteiger partial charge is 0.501 e. The minimum atomic E-state index is -0.0217. The zero-order valence-corrected chi connectivity index (χ0v) is 13.3. The molecule has 0 spiro atoms. The van der Waals surface area contributed by atoms with Crippen LogP contribution in [0, 0.1) is 0 Å². The number of rotatable bonds is 4. The van der Waals surface area contributed by atoms with Crippen LogP contribution < -0.4 is 10.7 Å². The molecule has 0 bridgehead atoms. The maximum atomic E-state index is 12.4. The van der Waals surface area contributed by atoms with Crippen LogP contribution in [-0.4, -0.2) is 23.6 Å². The molecule has 1 aliphatic carbocycles. The predicted molar refractivity (Wildman–Crippen MR) is 91.0 cm³/mol. The number of fused-ring (bicyclic) bond motifs is 1. The molecule has 0 atom stereocenters. The van der Waals surface area contributed by atoms with E-state index in [-0.39, 0.29) is 5.43 Å². The Morgan fingerprint density at radius 1 is 1.50 bits per heavy atom. The van der Waals surface area contributed by atoms with E-state index in [4.69, 9.17) is 4.74 Å². The average molecular weight is 315 g/mol. The van der Waals surface area contributed by atoms with E-state index < -0.39 is 0 Å². The SMILES string of the molecule is CCNc1nc(-c2cc(=O)c3c([nH]2)C=C(OC)CC=C3)cs1. The van der Waals surface area contributed by atoms with Gasteiger partial charge in [-0.05, 0) is 6.92 Å². The highest BCUT2D eigenvalue weighted by atomic mass is 32.1. The summed E-state index contributed by atoms with van der Waals surface area (Å²) < 4.78 is 5.31. The Morgan fingerprint density at radius 3 is 3.14 bits per heavy atom. The number of anilines is 1. The molecule has 0 aliphatic heterocycles. The van der Waals surface area contributed by atoms with Crippen molar-refractivity contribution in [2.75, 3.05) is 19.0 Å². The quantitative estimate of drug-likeness (QED) is 0.908. The molecule has 0 radical (unpaired) electrons. The molecule has 0 aromatic carbocycles. The Morgan fingerprint density at radius 2 is 2.36 bits per heavy atom. The van der Waals surface area contributed by atoms with Gasteiger partial charge in [0.1, 0.15) is 5.76 Å². The van der Waals surface area contributed by atoms with E-state index in [0.717, 1.165) is 28.8 Å². The number of methoxy groups -OCH3 is 1. The number of H-pyrrole nitrogens is 1. The van der Waals surface area contributed by atoms with E-state index in [2.05, 4.69) is 15.3 Å². The summed E-state index contributed by atoms with van der Waals surface area (Å²) in [5.41, 5.74) is 2.86. The number of nitrogens with one attached hydrogen (secondary N) is 2. The lowest BCUT2D eigenvalue weighted by atomic mass is 10.1. The van der Waals surface area contributed by atoms with Crippen LogP contribution in [0.2, 0.25) is 0 Å². The molecule has 1 aliphatic rings. The summed E-state index contributed by atoms with van der Waals surface area (Å²) in [4.78, 5) is 20.1. The third-order valence-electron chi connectivity index (χ3n) is 3.38. The number of ether oxygens (including phenoxy) is 1. The minimum Gasteiger partial charge on any atom is -0.501 e. The van der Waals surface area contributed by atoms with E-state index in [1.807, 2.05) is 30.5 Å². The normalized spacial score (nSPS) is 13.3. The highest BCUT2D eigenvalue weighted by molar-refractivity contribution is 7.14. The lowest BCUT2D eigenvalue weighted by Gasteiger charge is -2.05. The van der Waals surface area contributed by atoms with Crippen LogP contribution in [0.5, 0.6) is 0 Å². The van der Waals surface area contributed by atoms with Gasteiger partial charge in [0.05, 0.1) is 24.2 Å². The molecule has 0 fully saturated rings. The fourth-order valence-electron chi connectivity index (χ4n) is 2.30. The Balaban J connectivity index is 2.08. The molecule has 0 unspecified atom stereocenters. The van der Waals surface area contributed by atoms with Crippen molar-refractivity contribution in [1.29, 1.82) is 0 Å². The number of pyridine rings is 1. The Labute approximate surface area is 132 Å². The molecular formula is C16H17N3O2S. The van der Waals surface area contributed by atoms with Crippen LogP contribution in [0.15, 0.2) is 28.1 Å². The predicted octanol–water partition coefficient (Wildman–Crippen LogP) is 3.33. The first-order valence-electron chi connectivity index (χ1n) is 7.09. The fourth-order valence-corrected chi connectivity index (χ4v) is 3.08. The maximum absolute atomic E-state index is 12.4. The molecule has 114 valence electrons. The molecule has 2 aromatic heterocycles. The van der Waals surface area contributed by atoms with E-state index in [1.54, 1.807) is 13.2 Å². The van der Waals surface area contributed by atoms with Crippen molar-refractivity contribution in [2.24, 2.45) is 0 Å². The number of allylic oxidation sites excluding steroid dienone is 1. The van der Waals surface area contributed by atoms with Crippen molar-refractivity contribution in [1.82, 2.24) is 9.97 Å². The highest BCUT2D eigenvalue weighted by Crippen LogP contribution is 2.25. The monoisotopic (exact) mass is 315 g/mol. The lowest BCUT2D eigenvalue weighted by Crippen LogP contribution is -2.09. The maximum Gasteiger partial charge on any atom is 0.190 e. The van der Waals surface area contributed by atoms with E-state index in [1.165, 1.54) is 11.3 Å². The first-order valence-corrected chi connectivity index (χ1v) is 7.97. The van der Waals surface area contributed by atoms with Crippen LogP contribution in [-0.2, 0) is 4.74 Å². The Hall–Kier alpha value is -2.34. The van der Waals surface area contributed by atoms with Gasteiger partial charge in [0.15, 0.2) is 10.6 Å². The third kappa shape index (κ3) is 2.82. The summed E-state index contributed by atoms with van der Waals surface area (Å²) in [5, 5.41) is 5.96. The van der Waals surface area contributed by atoms with Gasteiger partial charge in [-0.2, -0.15) is 0 Å². The average Bonchev–Trinajstić information content (AvgIpc) is 2.86. The topological polar surface area (TPSA) is 67.0 Å². The molecule has 3 rings (SSSR count). The standard InChI is InChI=1S/C16H17N3O2S/c1-3-17-16-19-14(9-22-16)13-8-15(20)11-6-4-5-10(21-2)7-12(11)18-13/h4,6-9H,3,5H2,1-2H3,(H,17,19)(H,18,20). The van der Waals surface area contributed by atoms with E-state index in [0.29, 0.717) is 17.7 Å². The lowest BCUT2D eigenvalue weighted by molar-refractivity contribution is 0.289. The first kappa shape index (κ1) is 14.6. The second kappa shape index (κ2) is 6.19. The van der Waals surface area contributed by atoms with Gasteiger partial charge < -0.3 is 15.0 Å². The number of hydrogen-bond acceptors (Lipinski definition) is 5. The minimum absolute atomic E-state index is 0.0217. The summed E-state index contributed by atoms with van der Waals surface area (Å²) in [7, 11) is 1.63. The van der Waals surface area contributed by atoms with Crippen molar-refractivity contribution >= 4 is 28.6 Å². The number of thiazole rings is 1. The zero-order chi connectivity index (χ0) is 15.5. The summed E-state index contributed by atoms with van der Waals surface area (Å²) >= 11 is 1.52. The molecule has 0 saturated heterocycles. The molecule has 2 heterocycles. The second-order valence-corrected chi connectivity index (χ2v) is 5.72. The van der Waals surface area contributed by atoms with Crippen molar-refractivity contribution in [2.45, 2.75) is 13.3 Å². The first-order chi connectivity index (χ1) is 10.7. The van der Waals surface area contributed by atoms with Gasteiger partial charge in [-0.25, -0.2) is 4.98 Å². The summed E-state index contributed by atoms with van der Waals surface area (Å²) in [6.07, 6.45) is 6.32. The summed E-state index contributed by atoms with van der Waals surface area (Å²) in [5.74, 6) is 0.814. The van der Waals surface area contributed by atoms with Crippen molar-refractivity contribution < 1.29 is 4.74 Å². The third-order valence-corrected chi connectivity index (χ3v) is 4.18. The van der Waals surface area contributed by atoms with Gasteiger partial charge in [0.2, 0.25) is 0 Å². The Kier molecular flexibility index (Phi) is 4.11. The van der Waals surface area contributed by atoms with Gasteiger partial charge in [-0.15, -0.1) is 11.3 Å². The molecule has 0 saturated carbocycles. The molecule has 0 amide bonds. The Bertz CT molecular complexity index is 802. The molecule has 6 heteroatoms. The summed E-state index contributed by atoms with van der Waals surface area (Å²) in [6, 6.07) is 1.60. The second-order valence-electron chi connectivity index (χ2n) is 4.86. The molecule has 5 nitrogen and oxygen atoms in total. The zero-order valence-electron chi connectivity index (χ0n) is 12.5. The van der Waals surface area contributed by atoms with Gasteiger partial charge in [0.25, 0.3) is 0 Å². The number of hydrogen-bond donors (Lipinski definition) is 2. The fraction of sp³-hybridized carbons (Fsp3) is 0.250. The van der Waals surface area contributed by atoms with Crippen LogP contribution in [0.25, 0.3) is 23.5 Å². The van der Waals surface area contributed by atoms with Crippen LogP contribution >= 0.6 is 11.3 Å². The van der Waals surface area contributed by atoms with Crippen molar-refractivity contribution in [3.63, 3.8) is 0 Å². The van der Waals surface area contributed by atoms with E-state index in [9.17, 15) is 4.79 Å². The van der Waals surface area contributed by atoms with Crippen molar-refractivity contribution in [3.8, 4) is 11.4 Å². The molecule has 22 heavy (non-hydrogen) atoms.